The highest BCUT2D eigenvalue weighted by molar-refractivity contribution is 7.99. The molecule has 0 aliphatic rings. The van der Waals surface area contributed by atoms with Crippen molar-refractivity contribution in [3.8, 4) is 5.69 Å². The number of nitro benzene ring substituents is 1. The van der Waals surface area contributed by atoms with Gasteiger partial charge in [-0.2, -0.15) is 13.2 Å². The molecule has 42 heavy (non-hydrogen) atoms. The fraction of sp³-hybridized carbons (Fsp3) is 0.214. The van der Waals surface area contributed by atoms with Crippen LogP contribution in [-0.2, 0) is 17.5 Å². The second-order valence-corrected chi connectivity index (χ2v) is 10.3. The number of aromatic nitrogens is 3. The average Bonchev–Trinajstić information content (AvgIpc) is 3.35. The summed E-state index contributed by atoms with van der Waals surface area (Å²) in [5, 5.41) is 24.9. The van der Waals surface area contributed by atoms with Crippen molar-refractivity contribution >= 4 is 35.0 Å². The largest absolute Gasteiger partial charge is 0.416 e. The van der Waals surface area contributed by atoms with Crippen molar-refractivity contribution in [1.82, 2.24) is 20.1 Å². The van der Waals surface area contributed by atoms with Gasteiger partial charge >= 0.3 is 6.18 Å². The Bertz CT molecular complexity index is 1670. The number of nitrogens with zero attached hydrogens (tertiary/aromatic N) is 4. The summed E-state index contributed by atoms with van der Waals surface area (Å²) in [6.45, 7) is 5.02. The Morgan fingerprint density at radius 3 is 2.45 bits per heavy atom. The standard InChI is InChI=1S/C28H25F3N6O4S/c1-16-7-8-17(2)22(11-16)33-25(38)15-42-27-35-34-24(36(27)21-6-4-5-20(13-21)28(29,30)31)14-32-26(39)19-10-9-18(3)23(12-19)37(40)41/h4-13H,14-15H2,1-3H3,(H,32,39)(H,33,38). The van der Waals surface area contributed by atoms with Gasteiger partial charge in [0.2, 0.25) is 5.91 Å². The maximum atomic E-state index is 13.5. The van der Waals surface area contributed by atoms with Crippen LogP contribution in [0.3, 0.4) is 0 Å². The zero-order valence-corrected chi connectivity index (χ0v) is 23.5. The van der Waals surface area contributed by atoms with Crippen molar-refractivity contribution in [1.29, 1.82) is 0 Å². The first-order valence-electron chi connectivity index (χ1n) is 12.5. The molecule has 1 heterocycles. The van der Waals surface area contributed by atoms with Gasteiger partial charge in [0.25, 0.3) is 11.6 Å². The summed E-state index contributed by atoms with van der Waals surface area (Å²) in [4.78, 5) is 36.2. The molecule has 218 valence electrons. The monoisotopic (exact) mass is 598 g/mol. The molecule has 0 radical (unpaired) electrons. The van der Waals surface area contributed by atoms with Gasteiger partial charge in [0.15, 0.2) is 11.0 Å². The van der Waals surface area contributed by atoms with Crippen LogP contribution in [0.2, 0.25) is 0 Å². The molecule has 0 aliphatic carbocycles. The van der Waals surface area contributed by atoms with E-state index in [1.807, 2.05) is 32.0 Å². The molecule has 0 aliphatic heterocycles. The van der Waals surface area contributed by atoms with Gasteiger partial charge in [-0.25, -0.2) is 0 Å². The molecule has 0 atom stereocenters. The van der Waals surface area contributed by atoms with E-state index in [0.717, 1.165) is 41.1 Å². The van der Waals surface area contributed by atoms with E-state index in [2.05, 4.69) is 20.8 Å². The molecular formula is C28H25F3N6O4S. The molecule has 10 nitrogen and oxygen atoms in total. The van der Waals surface area contributed by atoms with Crippen LogP contribution < -0.4 is 10.6 Å². The van der Waals surface area contributed by atoms with Gasteiger partial charge in [-0.15, -0.1) is 10.2 Å². The topological polar surface area (TPSA) is 132 Å². The van der Waals surface area contributed by atoms with Crippen LogP contribution in [0.25, 0.3) is 5.69 Å². The molecule has 14 heteroatoms. The van der Waals surface area contributed by atoms with E-state index >= 15 is 0 Å². The number of nitro groups is 1. The van der Waals surface area contributed by atoms with Gasteiger partial charge in [0.1, 0.15) is 0 Å². The highest BCUT2D eigenvalue weighted by Crippen LogP contribution is 2.32. The maximum absolute atomic E-state index is 13.5. The highest BCUT2D eigenvalue weighted by atomic mass is 32.2. The fourth-order valence-corrected chi connectivity index (χ4v) is 4.76. The van der Waals surface area contributed by atoms with E-state index in [9.17, 15) is 32.9 Å². The van der Waals surface area contributed by atoms with Crippen LogP contribution in [0.5, 0.6) is 0 Å². The summed E-state index contributed by atoms with van der Waals surface area (Å²) in [5.41, 5.74) is 1.80. The third kappa shape index (κ3) is 7.13. The summed E-state index contributed by atoms with van der Waals surface area (Å²) < 4.78 is 41.8. The lowest BCUT2D eigenvalue weighted by molar-refractivity contribution is -0.385. The van der Waals surface area contributed by atoms with Crippen LogP contribution >= 0.6 is 11.8 Å². The molecule has 0 fully saturated rings. The third-order valence-corrected chi connectivity index (χ3v) is 7.14. The number of aryl methyl sites for hydroxylation is 3. The summed E-state index contributed by atoms with van der Waals surface area (Å²) >= 11 is 0.959. The molecule has 1 aromatic heterocycles. The first-order chi connectivity index (χ1) is 19.8. The molecule has 3 aromatic carbocycles. The van der Waals surface area contributed by atoms with E-state index < -0.39 is 22.6 Å². The Labute approximate surface area is 242 Å². The minimum Gasteiger partial charge on any atom is -0.345 e. The van der Waals surface area contributed by atoms with Gasteiger partial charge in [-0.05, 0) is 62.2 Å². The zero-order chi connectivity index (χ0) is 30.6. The minimum atomic E-state index is -4.61. The van der Waals surface area contributed by atoms with Gasteiger partial charge in [-0.3, -0.25) is 24.3 Å². The quantitative estimate of drug-likeness (QED) is 0.142. The van der Waals surface area contributed by atoms with Gasteiger partial charge in [0.05, 0.1) is 28.5 Å². The summed E-state index contributed by atoms with van der Waals surface area (Å²) in [7, 11) is 0. The lowest BCUT2D eigenvalue weighted by atomic mass is 10.1. The molecule has 4 rings (SSSR count). The lowest BCUT2D eigenvalue weighted by Crippen LogP contribution is -2.25. The Hall–Kier alpha value is -4.72. The summed E-state index contributed by atoms with van der Waals surface area (Å²) in [6.07, 6.45) is -4.61. The number of anilines is 1. The predicted octanol–water partition coefficient (Wildman–Crippen LogP) is 5.78. The highest BCUT2D eigenvalue weighted by Gasteiger charge is 2.31. The van der Waals surface area contributed by atoms with E-state index in [1.54, 1.807) is 6.92 Å². The number of rotatable bonds is 9. The zero-order valence-electron chi connectivity index (χ0n) is 22.7. The number of halogens is 3. The summed E-state index contributed by atoms with van der Waals surface area (Å²) in [5.74, 6) is -1.05. The normalized spacial score (nSPS) is 11.3. The number of carbonyl (C=O) groups excluding carboxylic acids is 2. The smallest absolute Gasteiger partial charge is 0.345 e. The number of alkyl halides is 3. The Balaban J connectivity index is 1.59. The Kier molecular flexibility index (Phi) is 8.95. The van der Waals surface area contributed by atoms with Crippen LogP contribution in [0, 0.1) is 30.9 Å². The van der Waals surface area contributed by atoms with Gasteiger partial charge < -0.3 is 10.6 Å². The fourth-order valence-electron chi connectivity index (χ4n) is 3.98. The average molecular weight is 599 g/mol. The molecular weight excluding hydrogens is 573 g/mol. The molecule has 4 aromatic rings. The Morgan fingerprint density at radius 1 is 1.00 bits per heavy atom. The van der Waals surface area contributed by atoms with Gasteiger partial charge in [0, 0.05) is 22.9 Å². The van der Waals surface area contributed by atoms with Crippen molar-refractivity contribution in [3.63, 3.8) is 0 Å². The Morgan fingerprint density at radius 2 is 1.74 bits per heavy atom. The minimum absolute atomic E-state index is 0.0233. The molecule has 0 unspecified atom stereocenters. The number of carbonyl (C=O) groups is 2. The van der Waals surface area contributed by atoms with Crippen molar-refractivity contribution in [2.24, 2.45) is 0 Å². The van der Waals surface area contributed by atoms with Crippen LogP contribution in [0.1, 0.15) is 38.4 Å². The number of hydrogen-bond acceptors (Lipinski definition) is 7. The lowest BCUT2D eigenvalue weighted by Gasteiger charge is -2.14. The number of amides is 2. The van der Waals surface area contributed by atoms with Crippen molar-refractivity contribution < 1.29 is 27.7 Å². The maximum Gasteiger partial charge on any atom is 0.416 e. The van der Waals surface area contributed by atoms with Crippen molar-refractivity contribution in [2.75, 3.05) is 11.1 Å². The number of benzene rings is 3. The van der Waals surface area contributed by atoms with E-state index in [4.69, 9.17) is 0 Å². The van der Waals surface area contributed by atoms with Crippen LogP contribution in [0.15, 0.2) is 65.8 Å². The van der Waals surface area contributed by atoms with Crippen LogP contribution in [0.4, 0.5) is 24.5 Å². The molecule has 0 bridgehead atoms. The van der Waals surface area contributed by atoms with Crippen LogP contribution in [-0.4, -0.2) is 37.3 Å². The summed E-state index contributed by atoms with van der Waals surface area (Å²) in [6, 6.07) is 14.1. The van der Waals surface area contributed by atoms with Crippen molar-refractivity contribution in [3.05, 3.63) is 104 Å². The van der Waals surface area contributed by atoms with Crippen molar-refractivity contribution in [2.45, 2.75) is 38.6 Å². The number of thioether (sulfide) groups is 1. The number of nitrogens with one attached hydrogen (secondary N) is 2. The molecule has 0 saturated heterocycles. The second-order valence-electron chi connectivity index (χ2n) is 9.38. The third-order valence-electron chi connectivity index (χ3n) is 6.21. The number of hydrogen-bond donors (Lipinski definition) is 2. The first-order valence-corrected chi connectivity index (χ1v) is 13.5. The van der Waals surface area contributed by atoms with E-state index in [0.29, 0.717) is 11.3 Å². The van der Waals surface area contributed by atoms with E-state index in [-0.39, 0.29) is 46.1 Å². The second kappa shape index (κ2) is 12.4. The SMILES string of the molecule is Cc1ccc(C)c(NC(=O)CSc2nnc(CNC(=O)c3ccc(C)c([N+](=O)[O-])c3)n2-c2cccc(C(F)(F)F)c2)c1. The molecule has 2 N–H and O–H groups in total. The molecule has 0 saturated carbocycles. The molecule has 0 spiro atoms. The van der Waals surface area contributed by atoms with E-state index in [1.165, 1.54) is 28.8 Å². The first kappa shape index (κ1) is 30.2. The van der Waals surface area contributed by atoms with Gasteiger partial charge in [-0.1, -0.05) is 36.0 Å². The predicted molar refractivity (Wildman–Crippen MR) is 151 cm³/mol. The molecule has 2 amide bonds.